The van der Waals surface area contributed by atoms with Crippen molar-refractivity contribution in [3.8, 4) is 17.0 Å². The van der Waals surface area contributed by atoms with Crippen LogP contribution >= 0.6 is 11.8 Å². The number of anilines is 1. The summed E-state index contributed by atoms with van der Waals surface area (Å²) in [5.41, 5.74) is 1.69. The van der Waals surface area contributed by atoms with E-state index in [4.69, 9.17) is 4.74 Å². The molecule has 0 aliphatic rings. The van der Waals surface area contributed by atoms with Gasteiger partial charge in [-0.25, -0.2) is 9.97 Å². The van der Waals surface area contributed by atoms with Crippen molar-refractivity contribution in [1.82, 2.24) is 24.7 Å². The first-order valence-corrected chi connectivity index (χ1v) is 8.43. The van der Waals surface area contributed by atoms with Gasteiger partial charge in [-0.1, -0.05) is 23.9 Å². The number of hydrogen-bond acceptors (Lipinski definition) is 7. The fourth-order valence-corrected chi connectivity index (χ4v) is 2.88. The summed E-state index contributed by atoms with van der Waals surface area (Å²) in [6.07, 6.45) is 5.36. The van der Waals surface area contributed by atoms with Gasteiger partial charge in [-0.2, -0.15) is 5.10 Å². The van der Waals surface area contributed by atoms with Gasteiger partial charge in [-0.3, -0.25) is 0 Å². The number of thioether (sulfide) groups is 1. The lowest BCUT2D eigenvalue weighted by Crippen LogP contribution is -2.09. The number of ether oxygens (including phenoxy) is 1. The van der Waals surface area contributed by atoms with Gasteiger partial charge >= 0.3 is 0 Å². The van der Waals surface area contributed by atoms with E-state index in [0.29, 0.717) is 5.95 Å². The van der Waals surface area contributed by atoms with E-state index in [1.54, 1.807) is 31.3 Å². The van der Waals surface area contributed by atoms with E-state index in [1.165, 1.54) is 0 Å². The smallest absolute Gasteiger partial charge is 0.243 e. The van der Waals surface area contributed by atoms with E-state index in [1.807, 2.05) is 42.1 Å². The summed E-state index contributed by atoms with van der Waals surface area (Å²) in [5, 5.41) is 12.2. The van der Waals surface area contributed by atoms with Crippen molar-refractivity contribution in [2.24, 2.45) is 7.05 Å². The summed E-state index contributed by atoms with van der Waals surface area (Å²) in [4.78, 5) is 8.77. The van der Waals surface area contributed by atoms with Gasteiger partial charge in [0.25, 0.3) is 0 Å². The normalized spacial score (nSPS) is 10.6. The Morgan fingerprint density at radius 3 is 3.04 bits per heavy atom. The fourth-order valence-electron chi connectivity index (χ4n) is 2.10. The average Bonchev–Trinajstić information content (AvgIpc) is 3.04. The molecule has 8 heteroatoms. The van der Waals surface area contributed by atoms with Crippen molar-refractivity contribution in [2.45, 2.75) is 5.16 Å². The maximum atomic E-state index is 5.24. The molecule has 0 atom stereocenters. The zero-order valence-electron chi connectivity index (χ0n) is 13.5. The molecule has 0 aliphatic carbocycles. The summed E-state index contributed by atoms with van der Waals surface area (Å²) in [6.45, 7) is 0.723. The van der Waals surface area contributed by atoms with E-state index >= 15 is 0 Å². The minimum absolute atomic E-state index is 0.510. The number of methoxy groups -OCH3 is 1. The quantitative estimate of drug-likeness (QED) is 0.522. The molecule has 0 spiro atoms. The van der Waals surface area contributed by atoms with Crippen molar-refractivity contribution >= 4 is 17.7 Å². The van der Waals surface area contributed by atoms with Crippen LogP contribution in [0.2, 0.25) is 0 Å². The second kappa shape index (κ2) is 7.78. The molecular weight excluding hydrogens is 324 g/mol. The molecule has 2 heterocycles. The second-order valence-corrected chi connectivity index (χ2v) is 6.06. The minimum Gasteiger partial charge on any atom is -0.497 e. The molecule has 7 nitrogen and oxygen atoms in total. The third-order valence-electron chi connectivity index (χ3n) is 3.32. The molecule has 3 aromatic rings. The predicted molar refractivity (Wildman–Crippen MR) is 94.2 cm³/mol. The molecule has 0 bridgehead atoms. The van der Waals surface area contributed by atoms with E-state index < -0.39 is 0 Å². The van der Waals surface area contributed by atoms with Crippen LogP contribution in [0.1, 0.15) is 0 Å². The van der Waals surface area contributed by atoms with Gasteiger partial charge in [0.05, 0.1) is 19.0 Å². The molecule has 24 heavy (non-hydrogen) atoms. The number of benzene rings is 1. The minimum atomic E-state index is 0.510. The molecule has 3 rings (SSSR count). The van der Waals surface area contributed by atoms with Crippen LogP contribution in [0.5, 0.6) is 5.75 Å². The Labute approximate surface area is 144 Å². The topological polar surface area (TPSA) is 77.8 Å². The maximum absolute atomic E-state index is 5.24. The van der Waals surface area contributed by atoms with Gasteiger partial charge in [0, 0.05) is 37.3 Å². The van der Waals surface area contributed by atoms with Crippen LogP contribution in [0, 0.1) is 0 Å². The first kappa shape index (κ1) is 16.3. The van der Waals surface area contributed by atoms with Gasteiger partial charge in [-0.15, -0.1) is 5.10 Å². The molecule has 0 saturated heterocycles. The Morgan fingerprint density at radius 1 is 1.33 bits per heavy atom. The number of aryl methyl sites for hydroxylation is 1. The molecule has 1 N–H and O–H groups in total. The van der Waals surface area contributed by atoms with Gasteiger partial charge in [-0.05, 0) is 12.1 Å². The first-order valence-electron chi connectivity index (χ1n) is 7.44. The Balaban J connectivity index is 1.60. The molecule has 2 aromatic heterocycles. The standard InChI is InChI=1S/C16H18N6OS/c1-22-8-6-18-16(22)24-9-7-17-15-20-14(11-19-21-15)12-4-3-5-13(10-12)23-2/h3-6,8,10-11H,7,9H2,1-2H3,(H,17,20,21). The largest absolute Gasteiger partial charge is 0.497 e. The van der Waals surface area contributed by atoms with Crippen LogP contribution in [0.25, 0.3) is 11.3 Å². The lowest BCUT2D eigenvalue weighted by atomic mass is 10.1. The molecule has 0 radical (unpaired) electrons. The highest BCUT2D eigenvalue weighted by molar-refractivity contribution is 7.99. The molecule has 0 amide bonds. The third-order valence-corrected chi connectivity index (χ3v) is 4.38. The monoisotopic (exact) mass is 342 g/mol. The zero-order chi connectivity index (χ0) is 16.8. The summed E-state index contributed by atoms with van der Waals surface area (Å²) in [5.74, 6) is 2.15. The van der Waals surface area contributed by atoms with Gasteiger partial charge in [0.2, 0.25) is 5.95 Å². The van der Waals surface area contributed by atoms with Gasteiger partial charge in [0.1, 0.15) is 5.75 Å². The Bertz CT molecular complexity index is 807. The highest BCUT2D eigenvalue weighted by Gasteiger charge is 2.05. The summed E-state index contributed by atoms with van der Waals surface area (Å²) >= 11 is 1.68. The van der Waals surface area contributed by atoms with Crippen LogP contribution in [-0.4, -0.2) is 44.1 Å². The number of aromatic nitrogens is 5. The summed E-state index contributed by atoms with van der Waals surface area (Å²) < 4.78 is 7.23. The van der Waals surface area contributed by atoms with Crippen LogP contribution in [-0.2, 0) is 7.05 Å². The van der Waals surface area contributed by atoms with Crippen LogP contribution < -0.4 is 10.1 Å². The van der Waals surface area contributed by atoms with Crippen molar-refractivity contribution in [3.05, 3.63) is 42.9 Å². The van der Waals surface area contributed by atoms with Crippen LogP contribution in [0.4, 0.5) is 5.95 Å². The highest BCUT2D eigenvalue weighted by atomic mass is 32.2. The predicted octanol–water partition coefficient (Wildman–Crippen LogP) is 2.48. The number of nitrogens with zero attached hydrogens (tertiary/aromatic N) is 5. The first-order chi connectivity index (χ1) is 11.8. The number of nitrogens with one attached hydrogen (secondary N) is 1. The van der Waals surface area contributed by atoms with Gasteiger partial charge < -0.3 is 14.6 Å². The molecule has 0 aliphatic heterocycles. The molecule has 0 fully saturated rings. The number of hydrogen-bond donors (Lipinski definition) is 1. The number of rotatable bonds is 7. The molecule has 1 aromatic carbocycles. The highest BCUT2D eigenvalue weighted by Crippen LogP contribution is 2.22. The Morgan fingerprint density at radius 2 is 2.25 bits per heavy atom. The maximum Gasteiger partial charge on any atom is 0.243 e. The van der Waals surface area contributed by atoms with E-state index in [9.17, 15) is 0 Å². The lowest BCUT2D eigenvalue weighted by Gasteiger charge is -2.07. The van der Waals surface area contributed by atoms with Crippen molar-refractivity contribution in [3.63, 3.8) is 0 Å². The second-order valence-electron chi connectivity index (χ2n) is 4.99. The number of imidazole rings is 1. The SMILES string of the molecule is COc1cccc(-c2cnnc(NCCSc3nccn3C)n2)c1. The van der Waals surface area contributed by atoms with E-state index in [0.717, 1.165) is 34.5 Å². The van der Waals surface area contributed by atoms with E-state index in [-0.39, 0.29) is 0 Å². The Kier molecular flexibility index (Phi) is 5.27. The average molecular weight is 342 g/mol. The van der Waals surface area contributed by atoms with Crippen molar-refractivity contribution in [1.29, 1.82) is 0 Å². The fraction of sp³-hybridized carbons (Fsp3) is 0.250. The van der Waals surface area contributed by atoms with Crippen LogP contribution in [0.15, 0.2) is 48.0 Å². The lowest BCUT2D eigenvalue weighted by molar-refractivity contribution is 0.415. The van der Waals surface area contributed by atoms with Crippen LogP contribution in [0.3, 0.4) is 0 Å². The molecule has 124 valence electrons. The van der Waals surface area contributed by atoms with Crippen molar-refractivity contribution in [2.75, 3.05) is 24.7 Å². The van der Waals surface area contributed by atoms with E-state index in [2.05, 4.69) is 25.5 Å². The van der Waals surface area contributed by atoms with Crippen molar-refractivity contribution < 1.29 is 4.74 Å². The Hall–Kier alpha value is -2.61. The van der Waals surface area contributed by atoms with Gasteiger partial charge in [0.15, 0.2) is 5.16 Å². The molecular formula is C16H18N6OS. The summed E-state index contributed by atoms with van der Waals surface area (Å²) in [6, 6.07) is 7.71. The summed E-state index contributed by atoms with van der Waals surface area (Å²) in [7, 11) is 3.62. The molecule has 0 unspecified atom stereocenters. The molecule has 0 saturated carbocycles. The third kappa shape index (κ3) is 4.02. The zero-order valence-corrected chi connectivity index (χ0v) is 14.3.